The first kappa shape index (κ1) is 16.7. The highest BCUT2D eigenvalue weighted by Gasteiger charge is 2.23. The zero-order valence-corrected chi connectivity index (χ0v) is 13.6. The molecule has 1 saturated heterocycles. The highest BCUT2D eigenvalue weighted by Crippen LogP contribution is 2.26. The van der Waals surface area contributed by atoms with Crippen molar-refractivity contribution in [2.45, 2.75) is 31.8 Å². The Morgan fingerprint density at radius 3 is 2.75 bits per heavy atom. The van der Waals surface area contributed by atoms with Crippen LogP contribution in [0.3, 0.4) is 0 Å². The number of nitrogens with zero attached hydrogens (tertiary/aromatic N) is 3. The van der Waals surface area contributed by atoms with Gasteiger partial charge in [0, 0.05) is 25.2 Å². The molecule has 1 aliphatic heterocycles. The Bertz CT molecular complexity index is 681. The minimum atomic E-state index is -0.891. The molecule has 0 saturated carbocycles. The normalized spacial score (nSPS) is 18.6. The predicted molar refractivity (Wildman–Crippen MR) is 90.0 cm³/mol. The zero-order chi connectivity index (χ0) is 16.9. The summed E-state index contributed by atoms with van der Waals surface area (Å²) in [4.78, 5) is 13.3. The van der Waals surface area contributed by atoms with Crippen LogP contribution >= 0.6 is 0 Å². The van der Waals surface area contributed by atoms with E-state index in [4.69, 9.17) is 10.2 Å². The van der Waals surface area contributed by atoms with Gasteiger partial charge >= 0.3 is 5.97 Å². The molecule has 1 aromatic heterocycles. The maximum atomic E-state index is 10.9. The van der Waals surface area contributed by atoms with E-state index in [-0.39, 0.29) is 6.61 Å². The van der Waals surface area contributed by atoms with Gasteiger partial charge in [-0.25, -0.2) is 4.79 Å². The number of benzene rings is 1. The standard InChI is InChI=1S/C18H23N3O3/c22-11-10-21-9-7-17(19-21)16-2-1-8-20(13-16)12-14-3-5-15(6-4-14)18(23)24/h3-7,9,16,22H,1-2,8,10-13H2,(H,23,24)/t16-/m0/s1. The third-order valence-electron chi connectivity index (χ3n) is 4.52. The minimum Gasteiger partial charge on any atom is -0.478 e. The Morgan fingerprint density at radius 1 is 1.25 bits per heavy atom. The van der Waals surface area contributed by atoms with Crippen LogP contribution in [0.1, 0.15) is 40.4 Å². The number of aliphatic hydroxyl groups excluding tert-OH is 1. The van der Waals surface area contributed by atoms with E-state index in [0.717, 1.165) is 43.7 Å². The molecule has 0 spiro atoms. The molecule has 0 aliphatic carbocycles. The summed E-state index contributed by atoms with van der Waals surface area (Å²) in [7, 11) is 0. The molecule has 3 rings (SSSR count). The second kappa shape index (κ2) is 7.59. The first-order valence-corrected chi connectivity index (χ1v) is 8.34. The topological polar surface area (TPSA) is 78.6 Å². The van der Waals surface area contributed by atoms with Crippen molar-refractivity contribution in [2.24, 2.45) is 0 Å². The van der Waals surface area contributed by atoms with Gasteiger partial charge in [-0.15, -0.1) is 0 Å². The fourth-order valence-electron chi connectivity index (χ4n) is 3.27. The van der Waals surface area contributed by atoms with Crippen molar-refractivity contribution in [1.82, 2.24) is 14.7 Å². The van der Waals surface area contributed by atoms with Crippen molar-refractivity contribution in [1.29, 1.82) is 0 Å². The first-order valence-electron chi connectivity index (χ1n) is 8.34. The number of hydrogen-bond donors (Lipinski definition) is 2. The van der Waals surface area contributed by atoms with E-state index < -0.39 is 5.97 Å². The number of carboxylic acid groups (broad SMARTS) is 1. The fourth-order valence-corrected chi connectivity index (χ4v) is 3.27. The molecule has 24 heavy (non-hydrogen) atoms. The summed E-state index contributed by atoms with van der Waals surface area (Å²) in [6, 6.07) is 9.16. The number of carbonyl (C=O) groups is 1. The lowest BCUT2D eigenvalue weighted by atomic mass is 9.94. The first-order chi connectivity index (χ1) is 11.7. The Hall–Kier alpha value is -2.18. The van der Waals surface area contributed by atoms with Crippen molar-refractivity contribution in [3.63, 3.8) is 0 Å². The van der Waals surface area contributed by atoms with Crippen LogP contribution < -0.4 is 0 Å². The third kappa shape index (κ3) is 4.01. The molecule has 2 aromatic rings. The van der Waals surface area contributed by atoms with Gasteiger partial charge in [0.25, 0.3) is 0 Å². The number of piperidine rings is 1. The molecule has 0 amide bonds. The Kier molecular flexibility index (Phi) is 5.27. The largest absolute Gasteiger partial charge is 0.478 e. The van der Waals surface area contributed by atoms with Gasteiger partial charge in [-0.3, -0.25) is 9.58 Å². The van der Waals surface area contributed by atoms with Crippen molar-refractivity contribution in [3.8, 4) is 0 Å². The summed E-state index contributed by atoms with van der Waals surface area (Å²) in [5, 5.41) is 22.5. The number of rotatable bonds is 6. The van der Waals surface area contributed by atoms with Crippen LogP contribution in [-0.2, 0) is 13.1 Å². The van der Waals surface area contributed by atoms with E-state index in [1.165, 1.54) is 0 Å². The predicted octanol–water partition coefficient (Wildman–Crippen LogP) is 1.95. The number of carboxylic acids is 1. The van der Waals surface area contributed by atoms with E-state index in [0.29, 0.717) is 18.0 Å². The van der Waals surface area contributed by atoms with Crippen LogP contribution in [0, 0.1) is 0 Å². The van der Waals surface area contributed by atoms with Crippen LogP contribution in [0.15, 0.2) is 36.5 Å². The molecule has 1 aliphatic rings. The lowest BCUT2D eigenvalue weighted by Gasteiger charge is -2.32. The molecule has 1 aromatic carbocycles. The van der Waals surface area contributed by atoms with Gasteiger partial charge in [-0.05, 0) is 43.1 Å². The summed E-state index contributed by atoms with van der Waals surface area (Å²) in [5.74, 6) is -0.477. The molecule has 6 heteroatoms. The minimum absolute atomic E-state index is 0.101. The van der Waals surface area contributed by atoms with E-state index in [9.17, 15) is 4.79 Å². The molecular weight excluding hydrogens is 306 g/mol. The highest BCUT2D eigenvalue weighted by molar-refractivity contribution is 5.87. The maximum absolute atomic E-state index is 10.9. The number of likely N-dealkylation sites (tertiary alicyclic amines) is 1. The van der Waals surface area contributed by atoms with Gasteiger partial charge in [-0.1, -0.05) is 12.1 Å². The monoisotopic (exact) mass is 329 g/mol. The smallest absolute Gasteiger partial charge is 0.335 e. The van der Waals surface area contributed by atoms with E-state index >= 15 is 0 Å². The average Bonchev–Trinajstić information content (AvgIpc) is 3.05. The zero-order valence-electron chi connectivity index (χ0n) is 13.6. The molecule has 2 N–H and O–H groups in total. The number of hydrogen-bond acceptors (Lipinski definition) is 4. The molecule has 0 radical (unpaired) electrons. The lowest BCUT2D eigenvalue weighted by molar-refractivity contribution is 0.0697. The van der Waals surface area contributed by atoms with E-state index in [2.05, 4.69) is 10.00 Å². The Balaban J connectivity index is 1.61. The Labute approximate surface area is 141 Å². The van der Waals surface area contributed by atoms with Crippen molar-refractivity contribution in [2.75, 3.05) is 19.7 Å². The molecule has 6 nitrogen and oxygen atoms in total. The SMILES string of the molecule is O=C(O)c1ccc(CN2CCC[C@H](c3ccn(CCO)n3)C2)cc1. The van der Waals surface area contributed by atoms with Gasteiger partial charge in [-0.2, -0.15) is 5.10 Å². The van der Waals surface area contributed by atoms with Crippen LogP contribution in [-0.4, -0.2) is 50.6 Å². The summed E-state index contributed by atoms with van der Waals surface area (Å²) < 4.78 is 1.79. The van der Waals surface area contributed by atoms with Crippen molar-refractivity contribution < 1.29 is 15.0 Å². The number of aliphatic hydroxyl groups is 1. The van der Waals surface area contributed by atoms with Crippen molar-refractivity contribution >= 4 is 5.97 Å². The molecule has 1 atom stereocenters. The quantitative estimate of drug-likeness (QED) is 0.847. The molecule has 2 heterocycles. The summed E-state index contributed by atoms with van der Waals surface area (Å²) in [5.41, 5.74) is 2.55. The summed E-state index contributed by atoms with van der Waals surface area (Å²) in [6.07, 6.45) is 4.18. The molecule has 0 bridgehead atoms. The molecule has 0 unspecified atom stereocenters. The van der Waals surface area contributed by atoms with Crippen LogP contribution in [0.5, 0.6) is 0 Å². The van der Waals surface area contributed by atoms with Gasteiger partial charge in [0.05, 0.1) is 24.4 Å². The second-order valence-electron chi connectivity index (χ2n) is 6.30. The highest BCUT2D eigenvalue weighted by atomic mass is 16.4. The van der Waals surface area contributed by atoms with Gasteiger partial charge < -0.3 is 10.2 Å². The lowest BCUT2D eigenvalue weighted by Crippen LogP contribution is -2.34. The summed E-state index contributed by atoms with van der Waals surface area (Å²) in [6.45, 7) is 3.47. The van der Waals surface area contributed by atoms with Crippen LogP contribution in [0.2, 0.25) is 0 Å². The van der Waals surface area contributed by atoms with Crippen LogP contribution in [0.25, 0.3) is 0 Å². The van der Waals surface area contributed by atoms with Gasteiger partial charge in [0.2, 0.25) is 0 Å². The molecular formula is C18H23N3O3. The van der Waals surface area contributed by atoms with E-state index in [1.54, 1.807) is 16.8 Å². The van der Waals surface area contributed by atoms with Gasteiger partial charge in [0.1, 0.15) is 0 Å². The van der Waals surface area contributed by atoms with Crippen molar-refractivity contribution in [3.05, 3.63) is 53.3 Å². The third-order valence-corrected chi connectivity index (χ3v) is 4.52. The molecule has 128 valence electrons. The second-order valence-corrected chi connectivity index (χ2v) is 6.30. The van der Waals surface area contributed by atoms with E-state index in [1.807, 2.05) is 24.4 Å². The molecule has 1 fully saturated rings. The average molecular weight is 329 g/mol. The number of aromatic carboxylic acids is 1. The Morgan fingerprint density at radius 2 is 2.04 bits per heavy atom. The maximum Gasteiger partial charge on any atom is 0.335 e. The summed E-state index contributed by atoms with van der Waals surface area (Å²) >= 11 is 0. The van der Waals surface area contributed by atoms with Crippen LogP contribution in [0.4, 0.5) is 0 Å². The fraction of sp³-hybridized carbons (Fsp3) is 0.444. The number of aromatic nitrogens is 2. The van der Waals surface area contributed by atoms with Gasteiger partial charge in [0.15, 0.2) is 0 Å².